The topological polar surface area (TPSA) is 52.5 Å². The summed E-state index contributed by atoms with van der Waals surface area (Å²) >= 11 is 0. The van der Waals surface area contributed by atoms with E-state index in [1.54, 1.807) is 6.92 Å². The van der Waals surface area contributed by atoms with E-state index in [1.165, 1.54) is 6.42 Å². The largest absolute Gasteiger partial charge is 0.379 e. The van der Waals surface area contributed by atoms with Crippen LogP contribution in [-0.4, -0.2) is 22.2 Å². The van der Waals surface area contributed by atoms with E-state index in [4.69, 9.17) is 5.11 Å². The van der Waals surface area contributed by atoms with Crippen molar-refractivity contribution in [3.63, 3.8) is 0 Å². The van der Waals surface area contributed by atoms with Gasteiger partial charge in [-0.2, -0.15) is 0 Å². The molecule has 0 radical (unpaired) electrons. The van der Waals surface area contributed by atoms with Crippen molar-refractivity contribution in [1.29, 1.82) is 0 Å². The molecule has 0 heterocycles. The highest BCUT2D eigenvalue weighted by molar-refractivity contribution is 4.79. The summed E-state index contributed by atoms with van der Waals surface area (Å²) in [4.78, 5) is 0. The van der Waals surface area contributed by atoms with Crippen LogP contribution < -0.4 is 5.32 Å². The van der Waals surface area contributed by atoms with E-state index in [2.05, 4.69) is 5.32 Å². The first kappa shape index (κ1) is 8.97. The molecule has 0 aromatic heterocycles. The fourth-order valence-electron chi connectivity index (χ4n) is 1.67. The van der Waals surface area contributed by atoms with E-state index in [9.17, 15) is 5.11 Å². The lowest BCUT2D eigenvalue weighted by Gasteiger charge is -2.34. The van der Waals surface area contributed by atoms with Gasteiger partial charge in [-0.3, -0.25) is 5.32 Å². The van der Waals surface area contributed by atoms with Gasteiger partial charge in [0, 0.05) is 0 Å². The fourth-order valence-corrected chi connectivity index (χ4v) is 1.67. The molecule has 1 unspecified atom stereocenters. The van der Waals surface area contributed by atoms with E-state index in [0.29, 0.717) is 0 Å². The second-order valence-electron chi connectivity index (χ2n) is 3.41. The van der Waals surface area contributed by atoms with Gasteiger partial charge in [-0.15, -0.1) is 0 Å². The smallest absolute Gasteiger partial charge is 0.117 e. The second-order valence-corrected chi connectivity index (χ2v) is 3.41. The fraction of sp³-hybridized carbons (Fsp3) is 1.00. The summed E-state index contributed by atoms with van der Waals surface area (Å²) in [7, 11) is 0. The van der Waals surface area contributed by atoms with Gasteiger partial charge in [0.05, 0.1) is 0 Å². The van der Waals surface area contributed by atoms with Crippen LogP contribution in [0.4, 0.5) is 0 Å². The Kier molecular flexibility index (Phi) is 2.87. The molecular weight excluding hydrogens is 142 g/mol. The Morgan fingerprint density at radius 2 is 1.82 bits per heavy atom. The molecule has 3 heteroatoms. The van der Waals surface area contributed by atoms with Gasteiger partial charge in [0.1, 0.15) is 12.0 Å². The normalized spacial score (nSPS) is 26.5. The Balaban J connectivity index is 2.37. The van der Waals surface area contributed by atoms with Crippen molar-refractivity contribution in [3.05, 3.63) is 0 Å². The maximum atomic E-state index is 9.77. The third-order valence-electron chi connectivity index (χ3n) is 2.16. The molecule has 3 N–H and O–H groups in total. The molecule has 0 aromatic rings. The van der Waals surface area contributed by atoms with E-state index in [0.717, 1.165) is 25.7 Å². The lowest BCUT2D eigenvalue weighted by atomic mass is 9.92. The maximum absolute atomic E-state index is 9.77. The van der Waals surface area contributed by atoms with E-state index >= 15 is 0 Å². The molecule has 66 valence electrons. The number of aliphatic hydroxyl groups excluding tert-OH is 1. The third kappa shape index (κ3) is 2.77. The van der Waals surface area contributed by atoms with Gasteiger partial charge >= 0.3 is 0 Å². The van der Waals surface area contributed by atoms with Crippen LogP contribution in [-0.2, 0) is 0 Å². The van der Waals surface area contributed by atoms with Gasteiger partial charge < -0.3 is 10.2 Å². The van der Waals surface area contributed by atoms with Crippen molar-refractivity contribution in [2.24, 2.45) is 0 Å². The highest BCUT2D eigenvalue weighted by atomic mass is 16.3. The zero-order chi connectivity index (χ0) is 8.32. The van der Waals surface area contributed by atoms with Crippen molar-refractivity contribution >= 4 is 0 Å². The van der Waals surface area contributed by atoms with Crippen LogP contribution in [0.3, 0.4) is 0 Å². The van der Waals surface area contributed by atoms with Crippen molar-refractivity contribution in [3.8, 4) is 0 Å². The predicted molar refractivity (Wildman–Crippen MR) is 42.9 cm³/mol. The van der Waals surface area contributed by atoms with Crippen LogP contribution in [0.5, 0.6) is 0 Å². The summed E-state index contributed by atoms with van der Waals surface area (Å²) in [6, 6.07) is 0. The monoisotopic (exact) mass is 159 g/mol. The Hall–Kier alpha value is -0.120. The minimum atomic E-state index is -0.799. The number of hydrogen-bond acceptors (Lipinski definition) is 3. The Morgan fingerprint density at radius 3 is 2.27 bits per heavy atom. The molecule has 0 spiro atoms. The van der Waals surface area contributed by atoms with Crippen molar-refractivity contribution < 1.29 is 10.2 Å². The number of nitrogens with one attached hydrogen (secondary N) is 1. The summed E-state index contributed by atoms with van der Waals surface area (Å²) in [5.74, 6) is 0. The first-order valence-electron chi connectivity index (χ1n) is 4.30. The number of aliphatic hydroxyl groups is 2. The lowest BCUT2D eigenvalue weighted by Crippen LogP contribution is -2.50. The van der Waals surface area contributed by atoms with Crippen LogP contribution in [0, 0.1) is 0 Å². The lowest BCUT2D eigenvalue weighted by molar-refractivity contribution is -0.0659. The molecule has 0 saturated heterocycles. The zero-order valence-electron chi connectivity index (χ0n) is 7.01. The molecule has 0 aromatic carbocycles. The van der Waals surface area contributed by atoms with Crippen molar-refractivity contribution in [2.75, 3.05) is 0 Å². The standard InChI is InChI=1S/C8H17NO2/c1-7(10)9-8(11)5-3-2-4-6-8/h7,9-11H,2-6H2,1H3. The molecule has 1 rings (SSSR count). The molecule has 1 fully saturated rings. The molecule has 0 bridgehead atoms. The maximum Gasteiger partial charge on any atom is 0.117 e. The predicted octanol–water partition coefficient (Wildman–Crippen LogP) is 0.567. The van der Waals surface area contributed by atoms with E-state index in [-0.39, 0.29) is 0 Å². The van der Waals surface area contributed by atoms with E-state index < -0.39 is 12.0 Å². The Bertz CT molecular complexity index is 119. The van der Waals surface area contributed by atoms with Crippen LogP contribution in [0.1, 0.15) is 39.0 Å². The average molecular weight is 159 g/mol. The van der Waals surface area contributed by atoms with E-state index in [1.807, 2.05) is 0 Å². The van der Waals surface area contributed by atoms with Gasteiger partial charge in [0.15, 0.2) is 0 Å². The molecule has 3 nitrogen and oxygen atoms in total. The zero-order valence-corrected chi connectivity index (χ0v) is 7.01. The van der Waals surface area contributed by atoms with Crippen molar-refractivity contribution in [1.82, 2.24) is 5.32 Å². The SMILES string of the molecule is CC(O)NC1(O)CCCCC1. The molecular formula is C8H17NO2. The summed E-state index contributed by atoms with van der Waals surface area (Å²) in [5, 5.41) is 21.5. The molecule has 1 atom stereocenters. The molecule has 0 amide bonds. The van der Waals surface area contributed by atoms with Gasteiger partial charge in [-0.25, -0.2) is 0 Å². The molecule has 1 aliphatic rings. The highest BCUT2D eigenvalue weighted by Gasteiger charge is 2.29. The quantitative estimate of drug-likeness (QED) is 0.516. The molecule has 1 aliphatic carbocycles. The third-order valence-corrected chi connectivity index (χ3v) is 2.16. The van der Waals surface area contributed by atoms with Gasteiger partial charge in [0.2, 0.25) is 0 Å². The second kappa shape index (κ2) is 3.52. The molecule has 11 heavy (non-hydrogen) atoms. The van der Waals surface area contributed by atoms with Crippen LogP contribution in [0.15, 0.2) is 0 Å². The number of rotatable bonds is 2. The average Bonchev–Trinajstić information content (AvgIpc) is 1.85. The minimum absolute atomic E-state index is 0.613. The van der Waals surface area contributed by atoms with Crippen LogP contribution in [0.25, 0.3) is 0 Å². The first-order valence-corrected chi connectivity index (χ1v) is 4.30. The van der Waals surface area contributed by atoms with Gasteiger partial charge in [-0.1, -0.05) is 6.42 Å². The summed E-state index contributed by atoms with van der Waals surface area (Å²) in [5.41, 5.74) is -0.799. The Labute approximate surface area is 67.4 Å². The molecule has 0 aliphatic heterocycles. The van der Waals surface area contributed by atoms with Crippen molar-refractivity contribution in [2.45, 2.75) is 51.0 Å². The summed E-state index contributed by atoms with van der Waals surface area (Å²) in [6.45, 7) is 1.63. The first-order chi connectivity index (χ1) is 5.12. The Morgan fingerprint density at radius 1 is 1.27 bits per heavy atom. The molecule has 1 saturated carbocycles. The highest BCUT2D eigenvalue weighted by Crippen LogP contribution is 2.25. The van der Waals surface area contributed by atoms with Crippen LogP contribution in [0.2, 0.25) is 0 Å². The number of hydrogen-bond donors (Lipinski definition) is 3. The summed E-state index contributed by atoms with van der Waals surface area (Å²) in [6.07, 6.45) is 4.21. The van der Waals surface area contributed by atoms with Crippen LogP contribution >= 0.6 is 0 Å². The minimum Gasteiger partial charge on any atom is -0.379 e. The van der Waals surface area contributed by atoms with Gasteiger partial charge in [-0.05, 0) is 32.6 Å². The summed E-state index contributed by atoms with van der Waals surface area (Å²) < 4.78 is 0. The van der Waals surface area contributed by atoms with Gasteiger partial charge in [0.25, 0.3) is 0 Å².